The van der Waals surface area contributed by atoms with Crippen LogP contribution in [0.2, 0.25) is 0 Å². The fraction of sp³-hybridized carbons (Fsp3) is 0.458. The Kier molecular flexibility index (Phi) is 12.6. The number of benzene rings is 1. The molecule has 3 atom stereocenters. The van der Waals surface area contributed by atoms with Gasteiger partial charge in [-0.05, 0) is 31.7 Å². The van der Waals surface area contributed by atoms with Crippen LogP contribution in [-0.4, -0.2) is 48.7 Å². The Morgan fingerprint density at radius 2 is 1.74 bits per heavy atom. The third kappa shape index (κ3) is 10.6. The van der Waals surface area contributed by atoms with Crippen molar-refractivity contribution in [2.75, 3.05) is 19.8 Å². The molecule has 0 saturated carbocycles. The van der Waals surface area contributed by atoms with Crippen LogP contribution in [-0.2, 0) is 25.5 Å². The molecule has 0 spiro atoms. The van der Waals surface area contributed by atoms with E-state index >= 15 is 0 Å². The molecule has 1 rings (SSSR count). The Bertz CT molecular complexity index is 720. The third-order valence-electron chi connectivity index (χ3n) is 4.69. The predicted molar refractivity (Wildman–Crippen MR) is 120 cm³/mol. The van der Waals surface area contributed by atoms with Crippen molar-refractivity contribution in [3.8, 4) is 0 Å². The van der Waals surface area contributed by atoms with Gasteiger partial charge in [0.1, 0.15) is 6.61 Å². The van der Waals surface area contributed by atoms with Crippen molar-refractivity contribution >= 4 is 17.8 Å². The number of esters is 1. The highest BCUT2D eigenvalue weighted by atomic mass is 16.5. The minimum Gasteiger partial charge on any atom is -0.464 e. The monoisotopic (exact) mass is 430 g/mol. The second-order valence-corrected chi connectivity index (χ2v) is 7.45. The first-order chi connectivity index (χ1) is 14.9. The normalized spacial score (nSPS) is 13.4. The molecular formula is C24H34N2O5. The van der Waals surface area contributed by atoms with Crippen LogP contribution in [0.15, 0.2) is 55.6 Å². The van der Waals surface area contributed by atoms with Crippen molar-refractivity contribution in [2.45, 2.75) is 38.6 Å². The van der Waals surface area contributed by atoms with Crippen LogP contribution in [0.3, 0.4) is 0 Å². The largest absolute Gasteiger partial charge is 0.464 e. The lowest BCUT2D eigenvalue weighted by Gasteiger charge is -2.18. The molecule has 7 nitrogen and oxygen atoms in total. The van der Waals surface area contributed by atoms with Crippen LogP contribution in [0.5, 0.6) is 0 Å². The first-order valence-corrected chi connectivity index (χ1v) is 10.5. The van der Waals surface area contributed by atoms with Crippen molar-refractivity contribution in [3.05, 3.63) is 61.2 Å². The first-order valence-electron chi connectivity index (χ1n) is 10.5. The standard InChI is InChI=1S/C24H34N2O5/c1-4-9-20(16-22(28)26-18(3)17-27)23(29)25-13-14-31-24(30)21(10-5-2)15-19-11-7-6-8-12-19/h4-8,11-12,18,20-21,27H,1-2,9-10,13-17H2,3H3,(H,25,29)(H,26,28)/t18-,20+,21-/m0/s1. The summed E-state index contributed by atoms with van der Waals surface area (Å²) in [6.07, 6.45) is 4.66. The molecule has 170 valence electrons. The SMILES string of the molecule is C=CC[C@H](CC(=O)N[C@@H](C)CO)C(=O)NCCOC(=O)[C@@H](CC=C)Cc1ccccc1. The summed E-state index contributed by atoms with van der Waals surface area (Å²) >= 11 is 0. The van der Waals surface area contributed by atoms with Crippen molar-refractivity contribution in [2.24, 2.45) is 11.8 Å². The van der Waals surface area contributed by atoms with Crippen LogP contribution >= 0.6 is 0 Å². The van der Waals surface area contributed by atoms with Gasteiger partial charge in [0.15, 0.2) is 0 Å². The summed E-state index contributed by atoms with van der Waals surface area (Å²) in [7, 11) is 0. The maximum Gasteiger partial charge on any atom is 0.309 e. The lowest BCUT2D eigenvalue weighted by atomic mass is 9.96. The van der Waals surface area contributed by atoms with Crippen molar-refractivity contribution in [1.82, 2.24) is 10.6 Å². The highest BCUT2D eigenvalue weighted by Crippen LogP contribution is 2.15. The molecule has 7 heteroatoms. The molecule has 1 aromatic carbocycles. The van der Waals surface area contributed by atoms with E-state index in [1.165, 1.54) is 0 Å². The zero-order chi connectivity index (χ0) is 23.1. The number of aliphatic hydroxyl groups excluding tert-OH is 1. The quantitative estimate of drug-likeness (QED) is 0.225. The van der Waals surface area contributed by atoms with Gasteiger partial charge in [-0.1, -0.05) is 42.5 Å². The van der Waals surface area contributed by atoms with Crippen LogP contribution < -0.4 is 10.6 Å². The van der Waals surface area contributed by atoms with Crippen molar-refractivity contribution < 1.29 is 24.2 Å². The van der Waals surface area contributed by atoms with Gasteiger partial charge in [0.2, 0.25) is 11.8 Å². The van der Waals surface area contributed by atoms with Gasteiger partial charge in [-0.2, -0.15) is 0 Å². The number of ether oxygens (including phenoxy) is 1. The van der Waals surface area contributed by atoms with E-state index in [0.29, 0.717) is 19.3 Å². The van der Waals surface area contributed by atoms with E-state index in [1.54, 1.807) is 19.1 Å². The molecule has 0 saturated heterocycles. The molecule has 0 fully saturated rings. The summed E-state index contributed by atoms with van der Waals surface area (Å²) in [5.41, 5.74) is 1.04. The fourth-order valence-corrected chi connectivity index (χ4v) is 3.04. The second kappa shape index (κ2) is 15.0. The van der Waals surface area contributed by atoms with Crippen LogP contribution in [0, 0.1) is 11.8 Å². The Hall–Kier alpha value is -2.93. The maximum absolute atomic E-state index is 12.4. The van der Waals surface area contributed by atoms with E-state index in [-0.39, 0.29) is 55.9 Å². The summed E-state index contributed by atoms with van der Waals surface area (Å²) in [6.45, 7) is 9.03. The molecule has 0 aliphatic carbocycles. The van der Waals surface area contributed by atoms with Crippen LogP contribution in [0.1, 0.15) is 31.7 Å². The minimum absolute atomic E-state index is 0.0134. The zero-order valence-electron chi connectivity index (χ0n) is 18.2. The molecule has 0 radical (unpaired) electrons. The number of rotatable bonds is 15. The van der Waals surface area contributed by atoms with Gasteiger partial charge >= 0.3 is 5.97 Å². The average Bonchev–Trinajstić information content (AvgIpc) is 2.76. The van der Waals surface area contributed by atoms with Gasteiger partial charge in [-0.3, -0.25) is 14.4 Å². The number of hydrogen-bond donors (Lipinski definition) is 3. The van der Waals surface area contributed by atoms with E-state index in [2.05, 4.69) is 23.8 Å². The number of carbonyl (C=O) groups is 3. The van der Waals surface area contributed by atoms with Crippen molar-refractivity contribution in [1.29, 1.82) is 0 Å². The lowest BCUT2D eigenvalue weighted by Crippen LogP contribution is -2.39. The molecule has 0 heterocycles. The van der Waals surface area contributed by atoms with E-state index in [9.17, 15) is 14.4 Å². The lowest BCUT2D eigenvalue weighted by molar-refractivity contribution is -0.148. The molecule has 0 bridgehead atoms. The van der Waals surface area contributed by atoms with Crippen LogP contribution in [0.4, 0.5) is 0 Å². The molecule has 0 aromatic heterocycles. The molecule has 0 unspecified atom stereocenters. The number of carbonyl (C=O) groups excluding carboxylic acids is 3. The Morgan fingerprint density at radius 1 is 1.10 bits per heavy atom. The molecule has 3 N–H and O–H groups in total. The van der Waals surface area contributed by atoms with Crippen LogP contribution in [0.25, 0.3) is 0 Å². The topological polar surface area (TPSA) is 105 Å². The smallest absolute Gasteiger partial charge is 0.309 e. The number of nitrogens with one attached hydrogen (secondary N) is 2. The van der Waals surface area contributed by atoms with Gasteiger partial charge in [0.25, 0.3) is 0 Å². The third-order valence-corrected chi connectivity index (χ3v) is 4.69. The molecule has 1 aromatic rings. The second-order valence-electron chi connectivity index (χ2n) is 7.45. The molecule has 31 heavy (non-hydrogen) atoms. The maximum atomic E-state index is 12.4. The Balaban J connectivity index is 2.47. The van der Waals surface area contributed by atoms with Gasteiger partial charge in [-0.25, -0.2) is 0 Å². The molecule has 0 aliphatic rings. The first kappa shape index (κ1) is 26.1. The summed E-state index contributed by atoms with van der Waals surface area (Å²) in [5, 5.41) is 14.3. The van der Waals surface area contributed by atoms with Gasteiger partial charge in [0.05, 0.1) is 25.0 Å². The van der Waals surface area contributed by atoms with Crippen molar-refractivity contribution in [3.63, 3.8) is 0 Å². The summed E-state index contributed by atoms with van der Waals surface area (Å²) in [6, 6.07) is 9.31. The zero-order valence-corrected chi connectivity index (χ0v) is 18.2. The van der Waals surface area contributed by atoms with Gasteiger partial charge < -0.3 is 20.5 Å². The average molecular weight is 431 g/mol. The molecular weight excluding hydrogens is 396 g/mol. The Labute approximate surface area is 184 Å². The number of hydrogen-bond acceptors (Lipinski definition) is 5. The number of allylic oxidation sites excluding steroid dienone is 2. The molecule has 2 amide bonds. The summed E-state index contributed by atoms with van der Waals surface area (Å²) < 4.78 is 5.34. The highest BCUT2D eigenvalue weighted by Gasteiger charge is 2.22. The number of amides is 2. The van der Waals surface area contributed by atoms with E-state index < -0.39 is 5.92 Å². The minimum atomic E-state index is -0.578. The highest BCUT2D eigenvalue weighted by molar-refractivity contribution is 5.86. The van der Waals surface area contributed by atoms with E-state index in [1.807, 2.05) is 30.3 Å². The fourth-order valence-electron chi connectivity index (χ4n) is 3.04. The number of aliphatic hydroxyl groups is 1. The summed E-state index contributed by atoms with van der Waals surface area (Å²) in [4.78, 5) is 36.8. The predicted octanol–water partition coefficient (Wildman–Crippen LogP) is 2.16. The molecule has 0 aliphatic heterocycles. The van der Waals surface area contributed by atoms with Gasteiger partial charge in [-0.15, -0.1) is 13.2 Å². The van der Waals surface area contributed by atoms with E-state index in [4.69, 9.17) is 9.84 Å². The van der Waals surface area contributed by atoms with E-state index in [0.717, 1.165) is 5.56 Å². The Morgan fingerprint density at radius 3 is 2.35 bits per heavy atom. The van der Waals surface area contributed by atoms with Gasteiger partial charge in [0, 0.05) is 12.5 Å². The summed E-state index contributed by atoms with van der Waals surface area (Å²) in [5.74, 6) is -1.87.